The Morgan fingerprint density at radius 2 is 1.67 bits per heavy atom. The largest absolute Gasteiger partial charge is 0.486 e. The van der Waals surface area contributed by atoms with E-state index in [0.717, 1.165) is 5.56 Å². The average Bonchev–Trinajstić information content (AvgIpc) is 3.05. The van der Waals surface area contributed by atoms with Gasteiger partial charge >= 0.3 is 0 Å². The Bertz CT molecular complexity index is 1590. The molecule has 10 nitrogen and oxygen atoms in total. The van der Waals surface area contributed by atoms with Gasteiger partial charge in [0.25, 0.3) is 5.91 Å². The standard InChI is InChI=1S/C36H45Cl2N5O5/c1-23-19-43(24(2)22-44)36(47)26-10-9-13-31(35(26)48-32(23)21-42(3)20-25-16-17-27(37)28(38)18-25)41-34(46)15-6-4-5-14-33(45)40-30-12-8-7-11-29(30)39/h7-13,16-18,23-24,32,44H,4-6,14-15,19-22,39H2,1-3H3,(H,40,45)(H,41,46)/t23-,24+,32-/m0/s1. The molecule has 1 heterocycles. The van der Waals surface area contributed by atoms with Gasteiger partial charge in [-0.3, -0.25) is 19.3 Å². The summed E-state index contributed by atoms with van der Waals surface area (Å²) in [5.74, 6) is -0.412. The van der Waals surface area contributed by atoms with Gasteiger partial charge < -0.3 is 31.1 Å². The van der Waals surface area contributed by atoms with Crippen LogP contribution in [0.2, 0.25) is 10.0 Å². The van der Waals surface area contributed by atoms with Crippen molar-refractivity contribution in [3.63, 3.8) is 0 Å². The van der Waals surface area contributed by atoms with Gasteiger partial charge in [-0.1, -0.05) is 60.8 Å². The molecule has 4 rings (SSSR count). The lowest BCUT2D eigenvalue weighted by molar-refractivity contribution is -0.116. The summed E-state index contributed by atoms with van der Waals surface area (Å²) in [6, 6.07) is 17.3. The van der Waals surface area contributed by atoms with Crippen molar-refractivity contribution in [2.75, 3.05) is 43.1 Å². The van der Waals surface area contributed by atoms with E-state index in [1.54, 1.807) is 47.4 Å². The van der Waals surface area contributed by atoms with Crippen molar-refractivity contribution in [1.82, 2.24) is 9.80 Å². The van der Waals surface area contributed by atoms with Crippen LogP contribution in [0.25, 0.3) is 0 Å². The lowest BCUT2D eigenvalue weighted by atomic mass is 9.98. The quantitative estimate of drug-likeness (QED) is 0.112. The molecule has 258 valence electrons. The highest BCUT2D eigenvalue weighted by molar-refractivity contribution is 6.42. The lowest BCUT2D eigenvalue weighted by Gasteiger charge is -2.38. The molecule has 5 N–H and O–H groups in total. The third kappa shape index (κ3) is 10.1. The third-order valence-electron chi connectivity index (χ3n) is 8.44. The maximum atomic E-state index is 13.8. The molecular formula is C36H45Cl2N5O5. The summed E-state index contributed by atoms with van der Waals surface area (Å²) >= 11 is 12.4. The average molecular weight is 699 g/mol. The first-order chi connectivity index (χ1) is 23.0. The van der Waals surface area contributed by atoms with E-state index in [1.807, 2.05) is 39.1 Å². The van der Waals surface area contributed by atoms with Crippen molar-refractivity contribution in [2.45, 2.75) is 64.6 Å². The minimum atomic E-state index is -0.411. The SMILES string of the molecule is C[C@H](CO)N1C[C@H](C)[C@H](CN(C)Cc2ccc(Cl)c(Cl)c2)Oc2c(NC(=O)CCCCCC(=O)Nc3ccccc3N)cccc2C1=O. The van der Waals surface area contributed by atoms with Crippen LogP contribution in [0.15, 0.2) is 60.7 Å². The Kier molecular flexibility index (Phi) is 13.5. The highest BCUT2D eigenvalue weighted by Gasteiger charge is 2.34. The van der Waals surface area contributed by atoms with Gasteiger partial charge in [-0.2, -0.15) is 0 Å². The molecule has 1 aliphatic heterocycles. The smallest absolute Gasteiger partial charge is 0.258 e. The predicted octanol–water partition coefficient (Wildman–Crippen LogP) is 6.46. The zero-order valence-corrected chi connectivity index (χ0v) is 29.2. The second-order valence-corrected chi connectivity index (χ2v) is 13.3. The van der Waals surface area contributed by atoms with Crippen LogP contribution in [0, 0.1) is 5.92 Å². The Hall–Kier alpha value is -3.83. The molecule has 0 spiro atoms. The Morgan fingerprint density at radius 3 is 2.33 bits per heavy atom. The fraction of sp³-hybridized carbons (Fsp3) is 0.417. The minimum absolute atomic E-state index is 0.105. The number of anilines is 3. The number of amides is 3. The highest BCUT2D eigenvalue weighted by atomic mass is 35.5. The number of benzene rings is 3. The van der Waals surface area contributed by atoms with Gasteiger partial charge in [-0.25, -0.2) is 0 Å². The van der Waals surface area contributed by atoms with Crippen LogP contribution in [-0.4, -0.2) is 71.5 Å². The molecule has 0 saturated heterocycles. The normalized spacial score (nSPS) is 16.8. The molecule has 3 aromatic carbocycles. The van der Waals surface area contributed by atoms with Gasteiger partial charge in [0.2, 0.25) is 11.8 Å². The molecule has 48 heavy (non-hydrogen) atoms. The van der Waals surface area contributed by atoms with E-state index in [9.17, 15) is 19.5 Å². The summed E-state index contributed by atoms with van der Waals surface area (Å²) in [6.07, 6.45) is 2.10. The van der Waals surface area contributed by atoms with Crippen LogP contribution in [-0.2, 0) is 16.1 Å². The van der Waals surface area contributed by atoms with Gasteiger partial charge in [0.15, 0.2) is 5.75 Å². The number of nitrogens with two attached hydrogens (primary N) is 1. The summed E-state index contributed by atoms with van der Waals surface area (Å²) in [7, 11) is 1.98. The van der Waals surface area contributed by atoms with Crippen LogP contribution < -0.4 is 21.1 Å². The van der Waals surface area contributed by atoms with Crippen LogP contribution in [0.5, 0.6) is 5.75 Å². The van der Waals surface area contributed by atoms with E-state index in [-0.39, 0.29) is 42.8 Å². The molecule has 3 atom stereocenters. The van der Waals surface area contributed by atoms with E-state index < -0.39 is 6.04 Å². The van der Waals surface area contributed by atoms with Gasteiger partial charge in [0.1, 0.15) is 6.10 Å². The number of rotatable bonds is 14. The number of aliphatic hydroxyl groups excluding tert-OH is 1. The van der Waals surface area contributed by atoms with E-state index in [4.69, 9.17) is 33.7 Å². The van der Waals surface area contributed by atoms with Crippen LogP contribution in [0.1, 0.15) is 61.9 Å². The summed E-state index contributed by atoms with van der Waals surface area (Å²) in [6.45, 7) is 5.14. The molecule has 0 unspecified atom stereocenters. The number of likely N-dealkylation sites (N-methyl/N-ethyl adjacent to an activating group) is 1. The number of unbranched alkanes of at least 4 members (excludes halogenated alkanes) is 2. The van der Waals surface area contributed by atoms with Gasteiger partial charge in [-0.05, 0) is 68.8 Å². The van der Waals surface area contributed by atoms with Gasteiger partial charge in [0.05, 0.1) is 45.3 Å². The number of hydrogen-bond donors (Lipinski definition) is 4. The topological polar surface area (TPSA) is 137 Å². The van der Waals surface area contributed by atoms with E-state index in [0.29, 0.717) is 83.7 Å². The first-order valence-corrected chi connectivity index (χ1v) is 17.0. The summed E-state index contributed by atoms with van der Waals surface area (Å²) in [5, 5.41) is 16.7. The summed E-state index contributed by atoms with van der Waals surface area (Å²) in [5.41, 5.74) is 8.72. The number of aliphatic hydroxyl groups is 1. The second kappa shape index (κ2) is 17.5. The van der Waals surface area contributed by atoms with Crippen LogP contribution >= 0.6 is 23.2 Å². The number of halogens is 2. The number of carbonyl (C=O) groups is 3. The molecule has 12 heteroatoms. The zero-order chi connectivity index (χ0) is 34.8. The van der Waals surface area contributed by atoms with Crippen molar-refractivity contribution < 1.29 is 24.2 Å². The molecule has 0 fully saturated rings. The molecule has 0 radical (unpaired) electrons. The maximum Gasteiger partial charge on any atom is 0.258 e. The van der Waals surface area contributed by atoms with Crippen LogP contribution in [0.4, 0.5) is 17.1 Å². The maximum absolute atomic E-state index is 13.8. The minimum Gasteiger partial charge on any atom is -0.486 e. The summed E-state index contributed by atoms with van der Waals surface area (Å²) < 4.78 is 6.62. The molecule has 0 bridgehead atoms. The number of fused-ring (bicyclic) bond motifs is 1. The number of ether oxygens (including phenoxy) is 1. The Labute approximate surface area is 292 Å². The fourth-order valence-corrected chi connectivity index (χ4v) is 5.99. The number of nitrogens with one attached hydrogen (secondary N) is 2. The van der Waals surface area contributed by atoms with Crippen molar-refractivity contribution in [1.29, 1.82) is 0 Å². The van der Waals surface area contributed by atoms with Gasteiger partial charge in [-0.15, -0.1) is 0 Å². The van der Waals surface area contributed by atoms with Crippen LogP contribution in [0.3, 0.4) is 0 Å². The number of para-hydroxylation sites is 3. The van der Waals surface area contributed by atoms with Gasteiger partial charge in [0, 0.05) is 38.4 Å². The lowest BCUT2D eigenvalue weighted by Crippen LogP contribution is -2.49. The fourth-order valence-electron chi connectivity index (χ4n) is 5.67. The molecule has 0 saturated carbocycles. The number of nitrogens with zero attached hydrogens (tertiary/aromatic N) is 2. The third-order valence-corrected chi connectivity index (χ3v) is 9.17. The molecule has 3 aromatic rings. The van der Waals surface area contributed by atoms with Crippen molar-refractivity contribution in [3.05, 3.63) is 81.8 Å². The second-order valence-electron chi connectivity index (χ2n) is 12.5. The first kappa shape index (κ1) is 37.0. The number of nitrogen functional groups attached to an aromatic ring is 1. The first-order valence-electron chi connectivity index (χ1n) is 16.2. The van der Waals surface area contributed by atoms with E-state index in [1.165, 1.54) is 0 Å². The monoisotopic (exact) mass is 697 g/mol. The van der Waals surface area contributed by atoms with Crippen molar-refractivity contribution >= 4 is 58.0 Å². The van der Waals surface area contributed by atoms with Crippen molar-refractivity contribution in [3.8, 4) is 5.75 Å². The Morgan fingerprint density at radius 1 is 1.00 bits per heavy atom. The van der Waals surface area contributed by atoms with Crippen molar-refractivity contribution in [2.24, 2.45) is 5.92 Å². The number of hydrogen-bond acceptors (Lipinski definition) is 7. The molecule has 0 aliphatic carbocycles. The number of carbonyl (C=O) groups excluding carboxylic acids is 3. The highest BCUT2D eigenvalue weighted by Crippen LogP contribution is 2.35. The van der Waals surface area contributed by atoms with E-state index >= 15 is 0 Å². The predicted molar refractivity (Wildman–Crippen MR) is 192 cm³/mol. The van der Waals surface area contributed by atoms with E-state index in [2.05, 4.69) is 15.5 Å². The summed E-state index contributed by atoms with van der Waals surface area (Å²) in [4.78, 5) is 43.0. The molecule has 1 aliphatic rings. The Balaban J connectivity index is 1.42. The molecular weight excluding hydrogens is 653 g/mol. The molecule has 3 amide bonds. The molecule has 0 aromatic heterocycles. The zero-order valence-electron chi connectivity index (χ0n) is 27.7.